The van der Waals surface area contributed by atoms with Crippen LogP contribution in [0.1, 0.15) is 6.42 Å². The van der Waals surface area contributed by atoms with E-state index in [-0.39, 0.29) is 35.4 Å². The molecule has 194 valence electrons. The van der Waals surface area contributed by atoms with Crippen LogP contribution in [0.2, 0.25) is 0 Å². The summed E-state index contributed by atoms with van der Waals surface area (Å²) in [6.45, 7) is 0.163. The Hall–Kier alpha value is -4.29. The number of nitrogens with one attached hydrogen (secondary N) is 2. The van der Waals surface area contributed by atoms with E-state index in [0.29, 0.717) is 40.4 Å². The van der Waals surface area contributed by atoms with Crippen molar-refractivity contribution in [2.75, 3.05) is 43.2 Å². The Morgan fingerprint density at radius 1 is 0.946 bits per heavy atom. The molecule has 0 fully saturated rings. The van der Waals surface area contributed by atoms with Gasteiger partial charge >= 0.3 is 0 Å². The molecule has 0 unspecified atom stereocenters. The first-order valence-electron chi connectivity index (χ1n) is 11.3. The number of sulfonamides is 1. The van der Waals surface area contributed by atoms with Crippen LogP contribution >= 0.6 is 0 Å². The predicted molar refractivity (Wildman–Crippen MR) is 141 cm³/mol. The molecule has 0 aliphatic heterocycles. The molecule has 1 aromatic heterocycles. The number of aliphatic hydroxyl groups excluding tert-OH is 1. The zero-order valence-corrected chi connectivity index (χ0v) is 21.1. The quantitative estimate of drug-likeness (QED) is 0.169. The molecule has 5 N–H and O–H groups in total. The summed E-state index contributed by atoms with van der Waals surface area (Å²) in [6, 6.07) is 16.5. The summed E-state index contributed by atoms with van der Waals surface area (Å²) >= 11 is 0. The minimum Gasteiger partial charge on any atom is -0.497 e. The zero-order chi connectivity index (χ0) is 26.4. The Balaban J connectivity index is 1.83. The molecule has 0 saturated carbocycles. The van der Waals surface area contributed by atoms with Crippen molar-refractivity contribution in [1.29, 1.82) is 0 Å². The molecule has 0 amide bonds. The van der Waals surface area contributed by atoms with Crippen LogP contribution in [0.15, 0.2) is 65.6 Å². The van der Waals surface area contributed by atoms with Crippen LogP contribution in [0.3, 0.4) is 0 Å². The highest BCUT2D eigenvalue weighted by molar-refractivity contribution is 7.92. The van der Waals surface area contributed by atoms with Crippen molar-refractivity contribution in [2.24, 2.45) is 0 Å². The number of nitrogens with zero attached hydrogens (tertiary/aromatic N) is 2. The average Bonchev–Trinajstić information content (AvgIpc) is 2.89. The van der Waals surface area contributed by atoms with E-state index in [1.165, 1.54) is 26.4 Å². The summed E-state index contributed by atoms with van der Waals surface area (Å²) in [7, 11) is -1.12. The van der Waals surface area contributed by atoms with E-state index in [9.17, 15) is 13.5 Å². The summed E-state index contributed by atoms with van der Waals surface area (Å²) in [4.78, 5) is 9.03. The Labute approximate surface area is 214 Å². The number of benzene rings is 3. The number of rotatable bonds is 11. The second-order valence-electron chi connectivity index (χ2n) is 7.81. The van der Waals surface area contributed by atoms with Crippen LogP contribution in [-0.2, 0) is 10.0 Å². The lowest BCUT2D eigenvalue weighted by atomic mass is 10.2. The Morgan fingerprint density at radius 3 is 2.27 bits per heavy atom. The van der Waals surface area contributed by atoms with Crippen molar-refractivity contribution in [3.8, 4) is 17.2 Å². The number of anilines is 4. The van der Waals surface area contributed by atoms with Gasteiger partial charge in [-0.2, -0.15) is 0 Å². The summed E-state index contributed by atoms with van der Waals surface area (Å²) in [5.74, 6) is 1.21. The minimum absolute atomic E-state index is 0.0497. The van der Waals surface area contributed by atoms with Gasteiger partial charge < -0.3 is 30.4 Å². The van der Waals surface area contributed by atoms with Crippen molar-refractivity contribution in [1.82, 2.24) is 9.97 Å². The molecular weight excluding hydrogens is 498 g/mol. The number of methoxy groups -OCH3 is 2. The van der Waals surface area contributed by atoms with Gasteiger partial charge in [-0.05, 0) is 24.3 Å². The van der Waals surface area contributed by atoms with E-state index >= 15 is 0 Å². The average molecular weight is 526 g/mol. The van der Waals surface area contributed by atoms with Gasteiger partial charge in [0.1, 0.15) is 10.6 Å². The highest BCUT2D eigenvalue weighted by atomic mass is 32.2. The molecule has 0 bridgehead atoms. The van der Waals surface area contributed by atoms with Gasteiger partial charge in [-0.25, -0.2) is 18.4 Å². The lowest BCUT2D eigenvalue weighted by Crippen LogP contribution is -2.17. The monoisotopic (exact) mass is 525 g/mol. The zero-order valence-electron chi connectivity index (χ0n) is 20.3. The third kappa shape index (κ3) is 5.76. The maximum atomic E-state index is 13.2. The number of aromatic nitrogens is 2. The number of aliphatic hydroxyl groups is 1. The SMILES string of the molecule is COc1cc(Nc2nc3ccccc3nc2NS(=O)(=O)c2ccccc2N)c(OCCCO)c(OC)c1. The highest BCUT2D eigenvalue weighted by Crippen LogP contribution is 2.42. The van der Waals surface area contributed by atoms with E-state index in [1.807, 2.05) is 0 Å². The minimum atomic E-state index is -4.11. The van der Waals surface area contributed by atoms with Crippen LogP contribution in [0.25, 0.3) is 11.0 Å². The Kier molecular flexibility index (Phi) is 7.80. The maximum Gasteiger partial charge on any atom is 0.265 e. The van der Waals surface area contributed by atoms with Crippen molar-refractivity contribution in [3.63, 3.8) is 0 Å². The number of ether oxygens (including phenoxy) is 3. The highest BCUT2D eigenvalue weighted by Gasteiger charge is 2.23. The van der Waals surface area contributed by atoms with E-state index in [1.54, 1.807) is 48.5 Å². The molecule has 0 radical (unpaired) electrons. The van der Waals surface area contributed by atoms with Crippen molar-refractivity contribution in [2.45, 2.75) is 11.3 Å². The molecule has 37 heavy (non-hydrogen) atoms. The topological polar surface area (TPSA) is 158 Å². The van der Waals surface area contributed by atoms with E-state index in [0.717, 1.165) is 0 Å². The maximum absolute atomic E-state index is 13.2. The molecule has 1 heterocycles. The van der Waals surface area contributed by atoms with Crippen LogP contribution in [0.5, 0.6) is 17.2 Å². The second kappa shape index (κ2) is 11.2. The summed E-state index contributed by atoms with van der Waals surface area (Å²) in [5.41, 5.74) is 7.41. The van der Waals surface area contributed by atoms with Gasteiger partial charge in [0.05, 0.1) is 43.2 Å². The standard InChI is InChI=1S/C25H27N5O6S/c1-34-16-14-20(23(21(15-16)35-2)36-13-7-12-31)29-24-25(28-19-10-5-4-9-18(19)27-24)30-37(32,33)22-11-6-3-8-17(22)26/h3-6,8-11,14-15,31H,7,12-13,26H2,1-2H3,(H,27,29)(H,28,30). The number of hydrogen-bond acceptors (Lipinski definition) is 10. The molecule has 4 aromatic rings. The summed E-state index contributed by atoms with van der Waals surface area (Å²) in [5, 5.41) is 12.3. The molecule has 11 nitrogen and oxygen atoms in total. The molecule has 0 saturated heterocycles. The Bertz CT molecular complexity index is 1510. The van der Waals surface area contributed by atoms with E-state index in [2.05, 4.69) is 20.0 Å². The van der Waals surface area contributed by atoms with Crippen LogP contribution in [0.4, 0.5) is 23.0 Å². The number of nitrogens with two attached hydrogens (primary N) is 1. The van der Waals surface area contributed by atoms with Gasteiger partial charge in [-0.3, -0.25) is 4.72 Å². The summed E-state index contributed by atoms with van der Waals surface area (Å²) < 4.78 is 45.7. The lowest BCUT2D eigenvalue weighted by Gasteiger charge is -2.19. The van der Waals surface area contributed by atoms with Crippen molar-refractivity contribution >= 4 is 44.1 Å². The molecule has 0 aliphatic carbocycles. The molecule has 3 aromatic carbocycles. The lowest BCUT2D eigenvalue weighted by molar-refractivity contribution is 0.228. The fourth-order valence-electron chi connectivity index (χ4n) is 3.52. The Morgan fingerprint density at radius 2 is 1.62 bits per heavy atom. The largest absolute Gasteiger partial charge is 0.497 e. The molecule has 4 rings (SSSR count). The third-order valence-corrected chi connectivity index (χ3v) is 6.71. The number of hydrogen-bond donors (Lipinski definition) is 4. The predicted octanol–water partition coefficient (Wildman–Crippen LogP) is 3.53. The fourth-order valence-corrected chi connectivity index (χ4v) is 4.66. The van der Waals surface area contributed by atoms with Crippen LogP contribution in [0, 0.1) is 0 Å². The number of fused-ring (bicyclic) bond motifs is 1. The van der Waals surface area contributed by atoms with Gasteiger partial charge in [-0.1, -0.05) is 24.3 Å². The van der Waals surface area contributed by atoms with Gasteiger partial charge in [-0.15, -0.1) is 0 Å². The fraction of sp³-hybridized carbons (Fsp3) is 0.200. The first-order chi connectivity index (χ1) is 17.9. The van der Waals surface area contributed by atoms with Gasteiger partial charge in [0.2, 0.25) is 0 Å². The van der Waals surface area contributed by atoms with E-state index < -0.39 is 10.0 Å². The molecule has 0 spiro atoms. The first kappa shape index (κ1) is 25.8. The van der Waals surface area contributed by atoms with Gasteiger partial charge in [0.15, 0.2) is 23.1 Å². The molecule has 0 atom stereocenters. The molecule has 0 aliphatic rings. The number of para-hydroxylation sites is 3. The van der Waals surface area contributed by atoms with Crippen LogP contribution in [-0.4, -0.2) is 50.9 Å². The van der Waals surface area contributed by atoms with E-state index in [4.69, 9.17) is 19.9 Å². The smallest absolute Gasteiger partial charge is 0.265 e. The van der Waals surface area contributed by atoms with Crippen molar-refractivity contribution in [3.05, 3.63) is 60.7 Å². The third-order valence-electron chi connectivity index (χ3n) is 5.30. The molecular formula is C25H27N5O6S. The second-order valence-corrected chi connectivity index (χ2v) is 9.46. The van der Waals surface area contributed by atoms with Crippen LogP contribution < -0.4 is 30.0 Å². The van der Waals surface area contributed by atoms with Crippen molar-refractivity contribution < 1.29 is 27.7 Å². The summed E-state index contributed by atoms with van der Waals surface area (Å²) in [6.07, 6.45) is 0.397. The first-order valence-corrected chi connectivity index (χ1v) is 12.8. The molecule has 12 heteroatoms. The normalized spacial score (nSPS) is 11.2. The number of nitrogen functional groups attached to an aromatic ring is 1. The van der Waals surface area contributed by atoms with Gasteiger partial charge in [0.25, 0.3) is 10.0 Å². The van der Waals surface area contributed by atoms with Gasteiger partial charge in [0, 0.05) is 25.2 Å².